The molecule has 1 N–H and O–H groups in total. The predicted molar refractivity (Wildman–Crippen MR) is 90.6 cm³/mol. The van der Waals surface area contributed by atoms with Crippen molar-refractivity contribution in [1.82, 2.24) is 5.32 Å². The molecule has 0 saturated carbocycles. The molecular formula is C17H19Cl2NO. The lowest BCUT2D eigenvalue weighted by atomic mass is 10.1. The quantitative estimate of drug-likeness (QED) is 0.899. The summed E-state index contributed by atoms with van der Waals surface area (Å²) in [5.74, 6) is 1.37. The summed E-state index contributed by atoms with van der Waals surface area (Å²) in [6.07, 6.45) is 1.18. The zero-order valence-corrected chi connectivity index (χ0v) is 13.3. The van der Waals surface area contributed by atoms with Gasteiger partial charge >= 0.3 is 0 Å². The van der Waals surface area contributed by atoms with E-state index < -0.39 is 0 Å². The zero-order chi connectivity index (χ0) is 13.8. The van der Waals surface area contributed by atoms with Gasteiger partial charge in [-0.15, -0.1) is 12.4 Å². The molecular weight excluding hydrogens is 305 g/mol. The van der Waals surface area contributed by atoms with Crippen LogP contribution in [0.25, 0.3) is 11.1 Å². The fourth-order valence-electron chi connectivity index (χ4n) is 2.49. The summed E-state index contributed by atoms with van der Waals surface area (Å²) in [6, 6.07) is 16.2. The van der Waals surface area contributed by atoms with Crippen molar-refractivity contribution in [3.05, 3.63) is 53.6 Å². The van der Waals surface area contributed by atoms with Crippen molar-refractivity contribution in [2.45, 2.75) is 6.42 Å². The number of halogens is 2. The van der Waals surface area contributed by atoms with Crippen molar-refractivity contribution in [2.75, 3.05) is 19.7 Å². The lowest BCUT2D eigenvalue weighted by molar-refractivity contribution is 0.260. The Morgan fingerprint density at radius 2 is 1.90 bits per heavy atom. The van der Waals surface area contributed by atoms with Gasteiger partial charge in [0.25, 0.3) is 0 Å². The van der Waals surface area contributed by atoms with Gasteiger partial charge in [0.05, 0.1) is 11.6 Å². The van der Waals surface area contributed by atoms with Gasteiger partial charge in [0.15, 0.2) is 0 Å². The summed E-state index contributed by atoms with van der Waals surface area (Å²) >= 11 is 6.32. The first-order valence-corrected chi connectivity index (χ1v) is 7.39. The second-order valence-corrected chi connectivity index (χ2v) is 5.59. The van der Waals surface area contributed by atoms with Gasteiger partial charge in [0.1, 0.15) is 5.75 Å². The maximum Gasteiger partial charge on any atom is 0.137 e. The van der Waals surface area contributed by atoms with Crippen LogP contribution in [0.5, 0.6) is 5.75 Å². The molecule has 2 nitrogen and oxygen atoms in total. The van der Waals surface area contributed by atoms with Crippen LogP contribution in [0.3, 0.4) is 0 Å². The Morgan fingerprint density at radius 1 is 1.10 bits per heavy atom. The largest absolute Gasteiger partial charge is 0.492 e. The highest BCUT2D eigenvalue weighted by Gasteiger charge is 2.15. The first-order chi connectivity index (χ1) is 9.83. The molecule has 3 rings (SSSR count). The smallest absolute Gasteiger partial charge is 0.137 e. The van der Waals surface area contributed by atoms with Gasteiger partial charge in [-0.2, -0.15) is 0 Å². The van der Waals surface area contributed by atoms with E-state index in [0.29, 0.717) is 10.9 Å². The topological polar surface area (TPSA) is 21.3 Å². The molecule has 2 aromatic carbocycles. The lowest BCUT2D eigenvalue weighted by Crippen LogP contribution is -2.15. The average molecular weight is 324 g/mol. The van der Waals surface area contributed by atoms with Gasteiger partial charge in [-0.1, -0.05) is 48.0 Å². The minimum absolute atomic E-state index is 0. The third kappa shape index (κ3) is 4.13. The molecule has 0 amide bonds. The highest BCUT2D eigenvalue weighted by atomic mass is 35.5. The zero-order valence-electron chi connectivity index (χ0n) is 11.7. The van der Waals surface area contributed by atoms with E-state index >= 15 is 0 Å². The third-order valence-corrected chi connectivity index (χ3v) is 3.97. The molecule has 1 aliphatic rings. The van der Waals surface area contributed by atoms with Crippen molar-refractivity contribution in [2.24, 2.45) is 5.92 Å². The molecule has 112 valence electrons. The number of rotatable bonds is 4. The average Bonchev–Trinajstić information content (AvgIpc) is 3.00. The Balaban J connectivity index is 0.00000161. The van der Waals surface area contributed by atoms with Gasteiger partial charge in [-0.3, -0.25) is 0 Å². The molecule has 0 bridgehead atoms. The van der Waals surface area contributed by atoms with Crippen molar-refractivity contribution in [3.63, 3.8) is 0 Å². The van der Waals surface area contributed by atoms with Crippen LogP contribution < -0.4 is 10.1 Å². The Labute approximate surface area is 136 Å². The van der Waals surface area contributed by atoms with Crippen molar-refractivity contribution < 1.29 is 4.74 Å². The van der Waals surface area contributed by atoms with Gasteiger partial charge < -0.3 is 10.1 Å². The standard InChI is InChI=1S/C17H18ClNO.ClH/c18-16-10-15(14-4-2-1-3-5-14)6-7-17(16)20-12-13-8-9-19-11-13;/h1-7,10,13,19H,8-9,11-12H2;1H. The minimum Gasteiger partial charge on any atom is -0.492 e. The molecule has 1 atom stereocenters. The number of hydrogen-bond acceptors (Lipinski definition) is 2. The lowest BCUT2D eigenvalue weighted by Gasteiger charge is -2.13. The number of benzene rings is 2. The molecule has 1 unspecified atom stereocenters. The van der Waals surface area contributed by atoms with E-state index in [1.165, 1.54) is 12.0 Å². The highest BCUT2D eigenvalue weighted by Crippen LogP contribution is 2.30. The van der Waals surface area contributed by atoms with Crippen molar-refractivity contribution in [1.29, 1.82) is 0 Å². The molecule has 0 aromatic heterocycles. The van der Waals surface area contributed by atoms with Crippen LogP contribution in [0, 0.1) is 5.92 Å². The maximum atomic E-state index is 6.32. The van der Waals surface area contributed by atoms with Crippen LogP contribution in [0.15, 0.2) is 48.5 Å². The Morgan fingerprint density at radius 3 is 2.57 bits per heavy atom. The molecule has 1 fully saturated rings. The van der Waals surface area contributed by atoms with Gasteiger partial charge in [-0.05, 0) is 36.2 Å². The molecule has 21 heavy (non-hydrogen) atoms. The maximum absolute atomic E-state index is 6.32. The van der Waals surface area contributed by atoms with Crippen LogP contribution in [0.4, 0.5) is 0 Å². The fraction of sp³-hybridized carbons (Fsp3) is 0.294. The van der Waals surface area contributed by atoms with Crippen LogP contribution in [0.2, 0.25) is 5.02 Å². The van der Waals surface area contributed by atoms with E-state index in [-0.39, 0.29) is 12.4 Å². The SMILES string of the molecule is Cl.Clc1cc(-c2ccccc2)ccc1OCC1CCNC1. The van der Waals surface area contributed by atoms with E-state index in [9.17, 15) is 0 Å². The summed E-state index contributed by atoms with van der Waals surface area (Å²) in [5.41, 5.74) is 2.28. The van der Waals surface area contributed by atoms with E-state index in [1.807, 2.05) is 30.3 Å². The molecule has 0 aliphatic carbocycles. The second-order valence-electron chi connectivity index (χ2n) is 5.18. The van der Waals surface area contributed by atoms with Crippen LogP contribution >= 0.6 is 24.0 Å². The fourth-order valence-corrected chi connectivity index (χ4v) is 2.73. The van der Waals surface area contributed by atoms with Crippen molar-refractivity contribution >= 4 is 24.0 Å². The summed E-state index contributed by atoms with van der Waals surface area (Å²) in [7, 11) is 0. The molecule has 1 aliphatic heterocycles. The van der Waals surface area contributed by atoms with E-state index in [0.717, 1.165) is 31.0 Å². The third-order valence-electron chi connectivity index (χ3n) is 3.68. The summed E-state index contributed by atoms with van der Waals surface area (Å²) in [4.78, 5) is 0. The van der Waals surface area contributed by atoms with Gasteiger partial charge in [0.2, 0.25) is 0 Å². The van der Waals surface area contributed by atoms with E-state index in [2.05, 4.69) is 23.5 Å². The van der Waals surface area contributed by atoms with Gasteiger partial charge in [0, 0.05) is 12.5 Å². The number of ether oxygens (including phenoxy) is 1. The van der Waals surface area contributed by atoms with Crippen LogP contribution in [0.1, 0.15) is 6.42 Å². The Bertz CT molecular complexity index is 568. The molecule has 0 spiro atoms. The first-order valence-electron chi connectivity index (χ1n) is 7.01. The molecule has 0 radical (unpaired) electrons. The normalized spacial score (nSPS) is 17.3. The summed E-state index contributed by atoms with van der Waals surface area (Å²) in [6.45, 7) is 2.87. The molecule has 2 aromatic rings. The highest BCUT2D eigenvalue weighted by molar-refractivity contribution is 6.32. The monoisotopic (exact) mass is 323 g/mol. The Kier molecular flexibility index (Phi) is 5.92. The molecule has 1 saturated heterocycles. The second kappa shape index (κ2) is 7.69. The molecule has 4 heteroatoms. The molecule has 1 heterocycles. The number of nitrogens with one attached hydrogen (secondary N) is 1. The summed E-state index contributed by atoms with van der Waals surface area (Å²) < 4.78 is 5.84. The van der Waals surface area contributed by atoms with Gasteiger partial charge in [-0.25, -0.2) is 0 Å². The Hall–Kier alpha value is -1.22. The summed E-state index contributed by atoms with van der Waals surface area (Å²) in [5, 5.41) is 4.02. The first kappa shape index (κ1) is 16.2. The predicted octanol–water partition coefficient (Wildman–Crippen LogP) is 4.42. The van der Waals surface area contributed by atoms with Crippen LogP contribution in [-0.4, -0.2) is 19.7 Å². The van der Waals surface area contributed by atoms with E-state index in [4.69, 9.17) is 16.3 Å². The van der Waals surface area contributed by atoms with Crippen molar-refractivity contribution in [3.8, 4) is 16.9 Å². The minimum atomic E-state index is 0. The van der Waals surface area contributed by atoms with E-state index in [1.54, 1.807) is 0 Å². The van der Waals surface area contributed by atoms with Crippen LogP contribution in [-0.2, 0) is 0 Å². The number of hydrogen-bond donors (Lipinski definition) is 1.